The quantitative estimate of drug-likeness (QED) is 0.815. The predicted molar refractivity (Wildman–Crippen MR) is 107 cm³/mol. The van der Waals surface area contributed by atoms with Crippen molar-refractivity contribution in [2.24, 2.45) is 4.99 Å². The Bertz CT molecular complexity index is 1090. The second-order valence-electron chi connectivity index (χ2n) is 7.45. The summed E-state index contributed by atoms with van der Waals surface area (Å²) in [5.41, 5.74) is 3.43. The van der Waals surface area contributed by atoms with E-state index in [0.29, 0.717) is 11.4 Å². The molecule has 2 N–H and O–H groups in total. The van der Waals surface area contributed by atoms with Crippen LogP contribution in [0, 0.1) is 12.7 Å². The van der Waals surface area contributed by atoms with Crippen molar-refractivity contribution in [3.05, 3.63) is 59.1 Å². The van der Waals surface area contributed by atoms with E-state index in [2.05, 4.69) is 25.5 Å². The van der Waals surface area contributed by atoms with Crippen molar-refractivity contribution in [1.82, 2.24) is 29.8 Å². The highest BCUT2D eigenvalue weighted by Gasteiger charge is 2.33. The molecule has 150 valence electrons. The van der Waals surface area contributed by atoms with Gasteiger partial charge in [0.1, 0.15) is 5.84 Å². The number of aromatic nitrogens is 2. The predicted octanol–water partition coefficient (Wildman–Crippen LogP) is 1.91. The van der Waals surface area contributed by atoms with E-state index in [9.17, 15) is 9.18 Å². The summed E-state index contributed by atoms with van der Waals surface area (Å²) in [5.74, 6) is 0.112. The molecule has 0 aliphatic carbocycles. The lowest BCUT2D eigenvalue weighted by molar-refractivity contribution is 0.217. The molecule has 0 saturated carbocycles. The molecule has 0 aromatic carbocycles. The number of amidine groups is 1. The van der Waals surface area contributed by atoms with Gasteiger partial charge in [-0.3, -0.25) is 0 Å². The van der Waals surface area contributed by atoms with Gasteiger partial charge in [0.2, 0.25) is 0 Å². The molecule has 0 bridgehead atoms. The third kappa shape index (κ3) is 2.98. The monoisotopic (exact) mass is 395 g/mol. The van der Waals surface area contributed by atoms with Crippen LogP contribution < -0.4 is 10.6 Å². The fourth-order valence-electron chi connectivity index (χ4n) is 4.09. The van der Waals surface area contributed by atoms with Crippen LogP contribution in [0.15, 0.2) is 47.0 Å². The number of halogens is 1. The number of pyridine rings is 1. The molecule has 3 aliphatic heterocycles. The van der Waals surface area contributed by atoms with Gasteiger partial charge in [0.25, 0.3) is 0 Å². The standard InChI is InChI=1S/C20H22FN7O/c1-12-10-27-11-14(9-15(21)19(27)23-12)18-24-17-4-3-16(26-7-5-22-6-8-26)13(2)28(17)20(29)25-18/h3-4,9-11,18,22H,5-8H2,1-2H3,(H,25,29). The van der Waals surface area contributed by atoms with Gasteiger partial charge in [0.05, 0.1) is 11.4 Å². The van der Waals surface area contributed by atoms with E-state index in [1.54, 1.807) is 21.7 Å². The molecule has 2 aromatic rings. The highest BCUT2D eigenvalue weighted by molar-refractivity contribution is 6.08. The molecule has 1 unspecified atom stereocenters. The van der Waals surface area contributed by atoms with E-state index in [4.69, 9.17) is 0 Å². The number of aryl methyl sites for hydroxylation is 1. The van der Waals surface area contributed by atoms with Crippen LogP contribution in [0.4, 0.5) is 9.18 Å². The Balaban J connectivity index is 1.49. The zero-order valence-corrected chi connectivity index (χ0v) is 16.3. The minimum Gasteiger partial charge on any atom is -0.368 e. The molecule has 9 heteroatoms. The molecule has 5 heterocycles. The summed E-state index contributed by atoms with van der Waals surface area (Å²) < 4.78 is 16.1. The zero-order chi connectivity index (χ0) is 20.1. The number of hydrogen-bond acceptors (Lipinski definition) is 5. The number of carbonyl (C=O) groups excluding carboxylic acids is 1. The van der Waals surface area contributed by atoms with Crippen molar-refractivity contribution in [3.8, 4) is 0 Å². The number of carbonyl (C=O) groups is 1. The normalized spacial score (nSPS) is 22.1. The maximum atomic E-state index is 14.5. The molecule has 2 amide bonds. The molecule has 0 radical (unpaired) electrons. The summed E-state index contributed by atoms with van der Waals surface area (Å²) in [6.45, 7) is 7.36. The number of fused-ring (bicyclic) bond motifs is 2. The first kappa shape index (κ1) is 17.9. The third-order valence-electron chi connectivity index (χ3n) is 5.47. The van der Waals surface area contributed by atoms with Crippen molar-refractivity contribution < 1.29 is 9.18 Å². The van der Waals surface area contributed by atoms with Gasteiger partial charge in [0, 0.05) is 49.8 Å². The van der Waals surface area contributed by atoms with Gasteiger partial charge < -0.3 is 19.9 Å². The summed E-state index contributed by atoms with van der Waals surface area (Å²) in [5, 5.41) is 6.22. The average Bonchev–Trinajstić information content (AvgIpc) is 3.09. The van der Waals surface area contributed by atoms with Crippen LogP contribution in [0.5, 0.6) is 0 Å². The van der Waals surface area contributed by atoms with Gasteiger partial charge in [-0.25, -0.2) is 24.1 Å². The Morgan fingerprint density at radius 3 is 2.76 bits per heavy atom. The minimum absolute atomic E-state index is 0.264. The first-order chi connectivity index (χ1) is 14.0. The second kappa shape index (κ2) is 6.70. The van der Waals surface area contributed by atoms with Crippen LogP contribution in [0.2, 0.25) is 0 Å². The van der Waals surface area contributed by atoms with Crippen molar-refractivity contribution in [2.75, 3.05) is 26.2 Å². The van der Waals surface area contributed by atoms with Gasteiger partial charge >= 0.3 is 6.03 Å². The summed E-state index contributed by atoms with van der Waals surface area (Å²) in [6.07, 6.45) is 6.71. The number of amides is 2. The number of piperazine rings is 1. The highest BCUT2D eigenvalue weighted by Crippen LogP contribution is 2.28. The number of nitrogens with one attached hydrogen (secondary N) is 2. The third-order valence-corrected chi connectivity index (χ3v) is 5.47. The zero-order valence-electron chi connectivity index (χ0n) is 16.3. The van der Waals surface area contributed by atoms with Crippen molar-refractivity contribution in [2.45, 2.75) is 20.0 Å². The fraction of sp³-hybridized carbons (Fsp3) is 0.350. The van der Waals surface area contributed by atoms with Crippen LogP contribution in [0.1, 0.15) is 24.3 Å². The lowest BCUT2D eigenvalue weighted by Crippen LogP contribution is -2.51. The maximum absolute atomic E-state index is 14.5. The molecule has 1 atom stereocenters. The van der Waals surface area contributed by atoms with Crippen LogP contribution in [0.25, 0.3) is 5.65 Å². The number of nitrogens with zero attached hydrogens (tertiary/aromatic N) is 5. The molecule has 8 nitrogen and oxygen atoms in total. The SMILES string of the molecule is CC1=C(N2CCNCC2)C=CC2=NC(c3cc(F)c4nc(C)cn4c3)NC(=O)N21. The first-order valence-electron chi connectivity index (χ1n) is 9.69. The number of imidazole rings is 1. The van der Waals surface area contributed by atoms with Crippen LogP contribution in [-0.2, 0) is 0 Å². The van der Waals surface area contributed by atoms with E-state index in [0.717, 1.165) is 43.3 Å². The number of allylic oxidation sites excluding steroid dienone is 2. The Hall–Kier alpha value is -3.20. The largest absolute Gasteiger partial charge is 0.368 e. The van der Waals surface area contributed by atoms with Crippen LogP contribution in [-0.4, -0.2) is 57.2 Å². The second-order valence-corrected chi connectivity index (χ2v) is 7.45. The number of rotatable bonds is 2. The smallest absolute Gasteiger partial charge is 0.329 e. The lowest BCUT2D eigenvalue weighted by atomic mass is 10.1. The minimum atomic E-state index is -0.659. The number of aliphatic imine (C=N–C) groups is 1. The molecule has 2 aromatic heterocycles. The van der Waals surface area contributed by atoms with Crippen molar-refractivity contribution >= 4 is 17.5 Å². The Kier molecular flexibility index (Phi) is 4.13. The van der Waals surface area contributed by atoms with E-state index in [1.807, 2.05) is 26.0 Å². The molecule has 5 rings (SSSR count). The van der Waals surface area contributed by atoms with Crippen LogP contribution in [0.3, 0.4) is 0 Å². The molecular weight excluding hydrogens is 373 g/mol. The van der Waals surface area contributed by atoms with E-state index >= 15 is 0 Å². The molecule has 29 heavy (non-hydrogen) atoms. The Morgan fingerprint density at radius 2 is 1.97 bits per heavy atom. The Labute approximate surface area is 167 Å². The van der Waals surface area contributed by atoms with Gasteiger partial charge in [-0.2, -0.15) is 0 Å². The topological polar surface area (TPSA) is 77.3 Å². The summed E-state index contributed by atoms with van der Waals surface area (Å²) >= 11 is 0. The number of hydrogen-bond donors (Lipinski definition) is 2. The van der Waals surface area contributed by atoms with Gasteiger partial charge in [-0.15, -0.1) is 0 Å². The van der Waals surface area contributed by atoms with E-state index in [1.165, 1.54) is 6.07 Å². The van der Waals surface area contributed by atoms with E-state index in [-0.39, 0.29) is 11.7 Å². The van der Waals surface area contributed by atoms with Gasteiger partial charge in [-0.05, 0) is 32.1 Å². The summed E-state index contributed by atoms with van der Waals surface area (Å²) in [7, 11) is 0. The number of urea groups is 1. The molecular formula is C20H22FN7O. The average molecular weight is 395 g/mol. The summed E-state index contributed by atoms with van der Waals surface area (Å²) in [4.78, 5) is 25.6. The van der Waals surface area contributed by atoms with Crippen LogP contribution >= 0.6 is 0 Å². The molecule has 1 fully saturated rings. The molecule has 3 aliphatic rings. The molecule has 1 saturated heterocycles. The maximum Gasteiger partial charge on any atom is 0.329 e. The Morgan fingerprint density at radius 1 is 1.17 bits per heavy atom. The molecule has 0 spiro atoms. The first-order valence-corrected chi connectivity index (χ1v) is 9.69. The van der Waals surface area contributed by atoms with Crippen molar-refractivity contribution in [1.29, 1.82) is 0 Å². The van der Waals surface area contributed by atoms with Crippen molar-refractivity contribution in [3.63, 3.8) is 0 Å². The highest BCUT2D eigenvalue weighted by atomic mass is 19.1. The fourth-order valence-corrected chi connectivity index (χ4v) is 4.09. The van der Waals surface area contributed by atoms with Gasteiger partial charge in [-0.1, -0.05) is 0 Å². The lowest BCUT2D eigenvalue weighted by Gasteiger charge is -2.38. The van der Waals surface area contributed by atoms with Gasteiger partial charge in [0.15, 0.2) is 17.6 Å². The van der Waals surface area contributed by atoms with E-state index < -0.39 is 12.0 Å². The summed E-state index contributed by atoms with van der Waals surface area (Å²) in [6, 6.07) is 1.12.